The number of aryl methyl sites for hydroxylation is 1. The van der Waals surface area contributed by atoms with E-state index in [1.165, 1.54) is 6.07 Å². The Kier molecular flexibility index (Phi) is 5.20. The highest BCUT2D eigenvalue weighted by molar-refractivity contribution is 5.94. The number of ether oxygens (including phenoxy) is 1. The molecule has 0 radical (unpaired) electrons. The lowest BCUT2D eigenvalue weighted by Crippen LogP contribution is -2.36. The third-order valence-corrected chi connectivity index (χ3v) is 6.81. The minimum atomic E-state index is -0.865. The number of halogens is 1. The van der Waals surface area contributed by atoms with Gasteiger partial charge in [-0.3, -0.25) is 9.69 Å². The van der Waals surface area contributed by atoms with Gasteiger partial charge in [-0.05, 0) is 42.2 Å². The number of para-hydroxylation sites is 1. The van der Waals surface area contributed by atoms with Gasteiger partial charge in [0.2, 0.25) is 5.91 Å². The van der Waals surface area contributed by atoms with Crippen LogP contribution >= 0.6 is 0 Å². The highest BCUT2D eigenvalue weighted by Crippen LogP contribution is 2.43. The van der Waals surface area contributed by atoms with E-state index in [1.54, 1.807) is 6.07 Å². The lowest BCUT2D eigenvalue weighted by atomic mass is 9.95. The molecule has 6 nitrogen and oxygen atoms in total. The van der Waals surface area contributed by atoms with Crippen LogP contribution in [0.5, 0.6) is 5.75 Å². The van der Waals surface area contributed by atoms with Gasteiger partial charge in [-0.2, -0.15) is 0 Å². The molecular formula is C24H27FN2O4. The lowest BCUT2D eigenvalue weighted by molar-refractivity contribution is -0.116. The molecule has 0 bridgehead atoms. The average molecular weight is 426 g/mol. The number of carbonyl (C=O) groups is 1. The first-order valence-corrected chi connectivity index (χ1v) is 10.9. The highest BCUT2D eigenvalue weighted by atomic mass is 19.1. The predicted octanol–water partition coefficient (Wildman–Crippen LogP) is 2.65. The summed E-state index contributed by atoms with van der Waals surface area (Å²) >= 11 is 0. The molecular weight excluding hydrogens is 399 g/mol. The topological polar surface area (TPSA) is 82.0 Å². The number of β-amino-alcohol motifs (C(OH)–C–C–N with tert-alkyl or cyclic N) is 2. The van der Waals surface area contributed by atoms with Gasteiger partial charge >= 0.3 is 0 Å². The number of nitrogens with zero attached hydrogens (tertiary/aromatic N) is 1. The molecule has 0 aromatic heterocycles. The van der Waals surface area contributed by atoms with E-state index in [0.717, 1.165) is 12.2 Å². The van der Waals surface area contributed by atoms with E-state index < -0.39 is 17.5 Å². The molecule has 1 aliphatic carbocycles. The van der Waals surface area contributed by atoms with Gasteiger partial charge in [0.15, 0.2) is 0 Å². The predicted molar refractivity (Wildman–Crippen MR) is 113 cm³/mol. The van der Waals surface area contributed by atoms with Gasteiger partial charge < -0.3 is 20.3 Å². The fourth-order valence-corrected chi connectivity index (χ4v) is 5.32. The maximum Gasteiger partial charge on any atom is 0.224 e. The molecule has 1 amide bonds. The Morgan fingerprint density at radius 3 is 2.84 bits per heavy atom. The molecule has 0 spiro atoms. The van der Waals surface area contributed by atoms with Crippen molar-refractivity contribution in [1.29, 1.82) is 0 Å². The summed E-state index contributed by atoms with van der Waals surface area (Å²) in [6.07, 6.45) is 1.23. The van der Waals surface area contributed by atoms with Crippen molar-refractivity contribution >= 4 is 11.6 Å². The molecule has 2 aliphatic heterocycles. The normalized spacial score (nSPS) is 28.7. The highest BCUT2D eigenvalue weighted by Gasteiger charge is 2.52. The van der Waals surface area contributed by atoms with E-state index in [4.69, 9.17) is 4.74 Å². The number of aliphatic hydroxyl groups excluding tert-OH is 1. The number of aliphatic hydroxyl groups is 2. The number of fused-ring (bicyclic) bond motifs is 2. The first kappa shape index (κ1) is 20.4. The van der Waals surface area contributed by atoms with Crippen molar-refractivity contribution in [2.24, 2.45) is 5.92 Å². The van der Waals surface area contributed by atoms with Crippen LogP contribution in [-0.4, -0.2) is 52.4 Å². The number of rotatable bonds is 5. The molecule has 1 saturated carbocycles. The molecule has 2 aromatic carbocycles. The molecule has 0 unspecified atom stereocenters. The number of nitrogens with one attached hydrogen (secondary N) is 1. The molecule has 3 N–H and O–H groups in total. The Bertz CT molecular complexity index is 985. The van der Waals surface area contributed by atoms with Crippen molar-refractivity contribution in [3.8, 4) is 5.75 Å². The third kappa shape index (κ3) is 4.05. The average Bonchev–Trinajstić information content (AvgIpc) is 3.19. The van der Waals surface area contributed by atoms with E-state index in [2.05, 4.69) is 5.32 Å². The minimum absolute atomic E-state index is 0.0191. The van der Waals surface area contributed by atoms with Crippen LogP contribution in [0.1, 0.15) is 36.5 Å². The number of benzene rings is 2. The van der Waals surface area contributed by atoms with Crippen molar-refractivity contribution in [3.05, 3.63) is 59.4 Å². The molecule has 2 fully saturated rings. The summed E-state index contributed by atoms with van der Waals surface area (Å²) in [5.74, 6) is 0.196. The fraction of sp³-hybridized carbons (Fsp3) is 0.458. The molecule has 2 aromatic rings. The number of likely N-dealkylation sites (tertiary alicyclic amines) is 1. The maximum atomic E-state index is 14.5. The molecule has 3 aliphatic rings. The van der Waals surface area contributed by atoms with E-state index in [0.29, 0.717) is 50.0 Å². The maximum absolute atomic E-state index is 14.5. The van der Waals surface area contributed by atoms with Crippen molar-refractivity contribution < 1.29 is 24.1 Å². The Balaban J connectivity index is 1.21. The van der Waals surface area contributed by atoms with E-state index in [-0.39, 0.29) is 23.6 Å². The smallest absolute Gasteiger partial charge is 0.224 e. The van der Waals surface area contributed by atoms with E-state index >= 15 is 0 Å². The number of hydrogen-bond acceptors (Lipinski definition) is 5. The van der Waals surface area contributed by atoms with Gasteiger partial charge in [-0.25, -0.2) is 4.39 Å². The number of anilines is 1. The van der Waals surface area contributed by atoms with Gasteiger partial charge in [0.1, 0.15) is 17.7 Å². The standard InChI is InChI=1S/C24H27FN2O4/c25-20-9-16(8-15-6-7-22(29)26-23(15)20)21(28)13-27-12-17-10-19(11-24(17,30)14-27)31-18-4-2-1-3-5-18/h1-5,8-9,17,19,21,28,30H,6-7,10-14H2,(H,26,29)/t17-,19+,21+,24-/m1/s1. The Labute approximate surface area is 180 Å². The molecule has 164 valence electrons. The number of hydrogen-bond donors (Lipinski definition) is 3. The molecule has 7 heteroatoms. The second kappa shape index (κ2) is 7.89. The fourth-order valence-electron chi connectivity index (χ4n) is 5.32. The minimum Gasteiger partial charge on any atom is -0.490 e. The van der Waals surface area contributed by atoms with Crippen molar-refractivity contribution in [3.63, 3.8) is 0 Å². The lowest BCUT2D eigenvalue weighted by Gasteiger charge is -2.26. The van der Waals surface area contributed by atoms with Crippen LogP contribution in [0.25, 0.3) is 0 Å². The second-order valence-electron chi connectivity index (χ2n) is 9.09. The Morgan fingerprint density at radius 2 is 2.06 bits per heavy atom. The zero-order valence-electron chi connectivity index (χ0n) is 17.3. The summed E-state index contributed by atoms with van der Waals surface area (Å²) in [5, 5.41) is 24.5. The van der Waals surface area contributed by atoms with Crippen LogP contribution in [0.2, 0.25) is 0 Å². The van der Waals surface area contributed by atoms with Crippen molar-refractivity contribution in [2.75, 3.05) is 25.0 Å². The van der Waals surface area contributed by atoms with Crippen LogP contribution in [0.4, 0.5) is 10.1 Å². The quantitative estimate of drug-likeness (QED) is 0.685. The summed E-state index contributed by atoms with van der Waals surface area (Å²) in [7, 11) is 0. The Morgan fingerprint density at radius 1 is 1.26 bits per heavy atom. The summed E-state index contributed by atoms with van der Waals surface area (Å²) in [6.45, 7) is 1.46. The van der Waals surface area contributed by atoms with Gasteiger partial charge in [0.05, 0.1) is 17.4 Å². The molecule has 31 heavy (non-hydrogen) atoms. The van der Waals surface area contributed by atoms with Gasteiger partial charge in [-0.1, -0.05) is 24.3 Å². The number of carbonyl (C=O) groups excluding carboxylic acids is 1. The largest absolute Gasteiger partial charge is 0.490 e. The molecule has 1 saturated heterocycles. The zero-order chi connectivity index (χ0) is 21.6. The van der Waals surface area contributed by atoms with Crippen molar-refractivity contribution in [1.82, 2.24) is 4.90 Å². The van der Waals surface area contributed by atoms with E-state index in [1.807, 2.05) is 35.2 Å². The van der Waals surface area contributed by atoms with Gasteiger partial charge in [0.25, 0.3) is 0 Å². The molecule has 4 atom stereocenters. The SMILES string of the molecule is O=C1CCc2cc([C@@H](O)CN3C[C@H]4C[C@H](Oc5ccccc5)C[C@@]4(O)C3)cc(F)c2N1. The summed E-state index contributed by atoms with van der Waals surface area (Å²) in [6, 6.07) is 12.7. The Hall–Kier alpha value is -2.48. The van der Waals surface area contributed by atoms with E-state index in [9.17, 15) is 19.4 Å². The summed E-state index contributed by atoms with van der Waals surface area (Å²) in [5.41, 5.74) is 0.611. The van der Waals surface area contributed by atoms with Crippen LogP contribution in [0.3, 0.4) is 0 Å². The van der Waals surface area contributed by atoms with Gasteiger partial charge in [-0.15, -0.1) is 0 Å². The van der Waals surface area contributed by atoms with Crippen LogP contribution in [-0.2, 0) is 11.2 Å². The second-order valence-corrected chi connectivity index (χ2v) is 9.09. The third-order valence-electron chi connectivity index (χ3n) is 6.81. The van der Waals surface area contributed by atoms with Crippen LogP contribution in [0, 0.1) is 11.7 Å². The van der Waals surface area contributed by atoms with Crippen LogP contribution in [0.15, 0.2) is 42.5 Å². The summed E-state index contributed by atoms with van der Waals surface area (Å²) < 4.78 is 20.5. The molecule has 5 rings (SSSR count). The first-order valence-electron chi connectivity index (χ1n) is 10.9. The monoisotopic (exact) mass is 426 g/mol. The first-order chi connectivity index (χ1) is 14.9. The van der Waals surface area contributed by atoms with Crippen LogP contribution < -0.4 is 10.1 Å². The van der Waals surface area contributed by atoms with Crippen molar-refractivity contribution in [2.45, 2.75) is 43.5 Å². The molecule has 2 heterocycles. The number of amides is 1. The summed E-state index contributed by atoms with van der Waals surface area (Å²) in [4.78, 5) is 13.6. The zero-order valence-corrected chi connectivity index (χ0v) is 17.3. The van der Waals surface area contributed by atoms with Gasteiger partial charge in [0, 0.05) is 38.4 Å².